The standard InChI is InChI=1S/C41H45Cl2N9O4.ClH/c42-28-21-36-33(37(22-28)52-20-14-39(53)46-41(52)55)13-19-51(36)30-11-15-49(16-12-30)25-26-9-17-50(18-10-26)38-8-7-35(47-48-38)40(54)45-29-2-5-31(6-3-29)56-32-4-1-27(24-44)34(43)23-32;/h1,4,7-8,13,19,21-23,26,29-31H,2-3,5-6,9-12,14-18,20,25H2,(H,45,54)(H,46,53,55);1H/t29-,31-;. The molecule has 16 heteroatoms. The lowest BCUT2D eigenvalue weighted by Gasteiger charge is -2.38. The molecular formula is C41H46Cl3N9O4. The van der Waals surface area contributed by atoms with Crippen molar-refractivity contribution >= 4 is 75.9 Å². The maximum absolute atomic E-state index is 13.0. The van der Waals surface area contributed by atoms with E-state index >= 15 is 0 Å². The van der Waals surface area contributed by atoms with Gasteiger partial charge in [0.2, 0.25) is 5.91 Å². The minimum absolute atomic E-state index is 0. The van der Waals surface area contributed by atoms with Crippen LogP contribution in [0.15, 0.2) is 54.7 Å². The van der Waals surface area contributed by atoms with Crippen molar-refractivity contribution in [3.8, 4) is 11.8 Å². The molecule has 2 N–H and O–H groups in total. The van der Waals surface area contributed by atoms with Crippen LogP contribution in [0.2, 0.25) is 10.0 Å². The number of amides is 4. The van der Waals surface area contributed by atoms with Crippen LogP contribution in [0.5, 0.6) is 5.75 Å². The number of nitrogens with zero attached hydrogens (tertiary/aromatic N) is 7. The Morgan fingerprint density at radius 1 is 0.912 bits per heavy atom. The van der Waals surface area contributed by atoms with Gasteiger partial charge in [-0.1, -0.05) is 23.2 Å². The van der Waals surface area contributed by atoms with Crippen LogP contribution >= 0.6 is 35.6 Å². The predicted molar refractivity (Wildman–Crippen MR) is 222 cm³/mol. The van der Waals surface area contributed by atoms with E-state index in [0.29, 0.717) is 45.6 Å². The average molecular weight is 835 g/mol. The summed E-state index contributed by atoms with van der Waals surface area (Å²) in [5.74, 6) is 1.60. The third-order valence-electron chi connectivity index (χ3n) is 11.8. The Labute approximate surface area is 348 Å². The number of urea groups is 1. The van der Waals surface area contributed by atoms with Gasteiger partial charge in [0.15, 0.2) is 11.5 Å². The zero-order valence-corrected chi connectivity index (χ0v) is 33.9. The van der Waals surface area contributed by atoms with Gasteiger partial charge in [-0.25, -0.2) is 4.79 Å². The molecule has 2 aromatic carbocycles. The molecule has 57 heavy (non-hydrogen) atoms. The maximum atomic E-state index is 13.0. The molecule has 0 spiro atoms. The van der Waals surface area contributed by atoms with Crippen molar-refractivity contribution in [2.45, 2.75) is 76.0 Å². The lowest BCUT2D eigenvalue weighted by atomic mass is 9.92. The quantitative estimate of drug-likeness (QED) is 0.179. The van der Waals surface area contributed by atoms with E-state index in [2.05, 4.69) is 53.5 Å². The Morgan fingerprint density at radius 3 is 2.37 bits per heavy atom. The normalized spacial score (nSPS) is 21.1. The summed E-state index contributed by atoms with van der Waals surface area (Å²) in [6, 6.07) is 16.7. The van der Waals surface area contributed by atoms with E-state index in [1.54, 1.807) is 29.2 Å². The number of hydrogen-bond donors (Lipinski definition) is 2. The highest BCUT2D eigenvalue weighted by Crippen LogP contribution is 2.37. The van der Waals surface area contributed by atoms with E-state index < -0.39 is 6.03 Å². The number of imide groups is 1. The number of aromatic nitrogens is 3. The average Bonchev–Trinajstić information content (AvgIpc) is 3.63. The Balaban J connectivity index is 0.00000496. The largest absolute Gasteiger partial charge is 0.490 e. The van der Waals surface area contributed by atoms with Gasteiger partial charge in [0.1, 0.15) is 11.8 Å². The van der Waals surface area contributed by atoms with E-state index in [4.69, 9.17) is 33.2 Å². The summed E-state index contributed by atoms with van der Waals surface area (Å²) in [5, 5.41) is 25.3. The number of piperidine rings is 2. The van der Waals surface area contributed by atoms with Crippen LogP contribution in [0.25, 0.3) is 10.9 Å². The highest BCUT2D eigenvalue weighted by molar-refractivity contribution is 6.32. The van der Waals surface area contributed by atoms with Crippen molar-refractivity contribution in [1.29, 1.82) is 5.26 Å². The van der Waals surface area contributed by atoms with Gasteiger partial charge in [0, 0.05) is 80.4 Å². The molecule has 300 valence electrons. The monoisotopic (exact) mass is 833 g/mol. The molecule has 4 fully saturated rings. The summed E-state index contributed by atoms with van der Waals surface area (Å²) < 4.78 is 8.39. The first-order chi connectivity index (χ1) is 27.2. The predicted octanol–water partition coefficient (Wildman–Crippen LogP) is 7.15. The summed E-state index contributed by atoms with van der Waals surface area (Å²) in [6.07, 6.45) is 9.82. The second-order valence-corrected chi connectivity index (χ2v) is 16.2. The summed E-state index contributed by atoms with van der Waals surface area (Å²) in [6.45, 7) is 5.27. The summed E-state index contributed by atoms with van der Waals surface area (Å²) in [4.78, 5) is 43.8. The number of rotatable bonds is 9. The number of anilines is 2. The van der Waals surface area contributed by atoms with Crippen LogP contribution in [0.4, 0.5) is 16.3 Å². The third kappa shape index (κ3) is 9.25. The number of ether oxygens (including phenoxy) is 1. The van der Waals surface area contributed by atoms with Crippen LogP contribution < -0.4 is 25.2 Å². The zero-order chi connectivity index (χ0) is 38.8. The molecule has 0 bridgehead atoms. The summed E-state index contributed by atoms with van der Waals surface area (Å²) >= 11 is 12.7. The van der Waals surface area contributed by atoms with Gasteiger partial charge in [-0.2, -0.15) is 5.26 Å². The second-order valence-electron chi connectivity index (χ2n) is 15.4. The van der Waals surface area contributed by atoms with Crippen LogP contribution in [0.1, 0.15) is 79.9 Å². The SMILES string of the molecule is Cl.N#Cc1ccc(O[C@H]2CC[C@H](NC(=O)c3ccc(N4CCC(CN5CCC(n6ccc7c(N8CCC(=O)NC8=O)cc(Cl)cc76)CC5)CC4)nn3)CC2)cc1Cl. The van der Waals surface area contributed by atoms with Crippen molar-refractivity contribution in [3.05, 3.63) is 76.0 Å². The van der Waals surface area contributed by atoms with Gasteiger partial charge in [-0.05, 0) is 99.7 Å². The van der Waals surface area contributed by atoms with Crippen LogP contribution in [-0.2, 0) is 4.79 Å². The molecular weight excluding hydrogens is 789 g/mol. The number of benzene rings is 2. The van der Waals surface area contributed by atoms with E-state index in [9.17, 15) is 14.4 Å². The molecule has 4 amide bonds. The third-order valence-corrected chi connectivity index (χ3v) is 12.3. The highest BCUT2D eigenvalue weighted by Gasteiger charge is 2.30. The zero-order valence-electron chi connectivity index (χ0n) is 31.5. The van der Waals surface area contributed by atoms with Crippen molar-refractivity contribution < 1.29 is 19.1 Å². The van der Waals surface area contributed by atoms with Gasteiger partial charge in [0.05, 0.1) is 27.9 Å². The second kappa shape index (κ2) is 17.9. The summed E-state index contributed by atoms with van der Waals surface area (Å²) in [5.41, 5.74) is 2.49. The Morgan fingerprint density at radius 2 is 1.68 bits per heavy atom. The fourth-order valence-corrected chi connectivity index (χ4v) is 9.11. The number of nitrogens with one attached hydrogen (secondary N) is 2. The number of halogens is 3. The molecule has 13 nitrogen and oxygen atoms in total. The Bertz CT molecular complexity index is 2140. The van der Waals surface area contributed by atoms with Crippen molar-refractivity contribution in [2.24, 2.45) is 5.92 Å². The first-order valence-corrected chi connectivity index (χ1v) is 20.4. The van der Waals surface area contributed by atoms with E-state index in [1.165, 1.54) is 0 Å². The maximum Gasteiger partial charge on any atom is 0.328 e. The van der Waals surface area contributed by atoms with Crippen molar-refractivity contribution in [2.75, 3.05) is 49.1 Å². The minimum atomic E-state index is -0.408. The molecule has 4 aromatic rings. The molecule has 0 atom stereocenters. The van der Waals surface area contributed by atoms with Gasteiger partial charge in [-0.15, -0.1) is 22.6 Å². The van der Waals surface area contributed by atoms with E-state index in [0.717, 1.165) is 106 Å². The number of likely N-dealkylation sites (tertiary alicyclic amines) is 1. The number of fused-ring (bicyclic) bond motifs is 1. The first kappa shape index (κ1) is 40.6. The van der Waals surface area contributed by atoms with Crippen LogP contribution in [-0.4, -0.2) is 88.9 Å². The van der Waals surface area contributed by atoms with Gasteiger partial charge in [0.25, 0.3) is 5.91 Å². The molecule has 8 rings (SSSR count). The molecule has 3 aliphatic heterocycles. The lowest BCUT2D eigenvalue weighted by molar-refractivity contribution is -0.120. The highest BCUT2D eigenvalue weighted by atomic mass is 35.5. The number of carbonyl (C=O) groups excluding carboxylic acids is 3. The van der Waals surface area contributed by atoms with Gasteiger partial charge >= 0.3 is 6.03 Å². The van der Waals surface area contributed by atoms with Crippen molar-refractivity contribution in [3.63, 3.8) is 0 Å². The first-order valence-electron chi connectivity index (χ1n) is 19.6. The lowest BCUT2D eigenvalue weighted by Crippen LogP contribution is -2.49. The fraction of sp³-hybridized carbons (Fsp3) is 0.463. The molecule has 5 heterocycles. The molecule has 1 aliphatic carbocycles. The molecule has 3 saturated heterocycles. The number of nitriles is 1. The Hall–Kier alpha value is -4.61. The van der Waals surface area contributed by atoms with Gasteiger partial charge in [-0.3, -0.25) is 19.8 Å². The van der Waals surface area contributed by atoms with E-state index in [-0.39, 0.29) is 42.8 Å². The van der Waals surface area contributed by atoms with E-state index in [1.807, 2.05) is 18.2 Å². The molecule has 4 aliphatic rings. The topological polar surface area (TPSA) is 149 Å². The molecule has 2 aromatic heterocycles. The van der Waals surface area contributed by atoms with Crippen LogP contribution in [0, 0.1) is 17.2 Å². The summed E-state index contributed by atoms with van der Waals surface area (Å²) in [7, 11) is 0. The Kier molecular flexibility index (Phi) is 12.7. The number of carbonyl (C=O) groups is 3. The van der Waals surface area contributed by atoms with Gasteiger partial charge < -0.3 is 24.4 Å². The van der Waals surface area contributed by atoms with Crippen molar-refractivity contribution in [1.82, 2.24) is 30.3 Å². The molecule has 0 unspecified atom stereocenters. The van der Waals surface area contributed by atoms with Crippen LogP contribution in [0.3, 0.4) is 0 Å². The molecule has 0 radical (unpaired) electrons. The number of hydrogen-bond acceptors (Lipinski definition) is 9. The molecule has 1 saturated carbocycles. The minimum Gasteiger partial charge on any atom is -0.490 e. The fourth-order valence-electron chi connectivity index (χ4n) is 8.69. The smallest absolute Gasteiger partial charge is 0.328 e.